The van der Waals surface area contributed by atoms with Crippen LogP contribution < -0.4 is 11.1 Å². The molecular formula is C13H23N3O3S2. The molecule has 6 nitrogen and oxygen atoms in total. The third-order valence-electron chi connectivity index (χ3n) is 3.18. The molecule has 1 aromatic rings. The van der Waals surface area contributed by atoms with Gasteiger partial charge in [-0.2, -0.15) is 0 Å². The second-order valence-electron chi connectivity index (χ2n) is 5.06. The number of hydrogen-bond acceptors (Lipinski definition) is 6. The summed E-state index contributed by atoms with van der Waals surface area (Å²) in [6.07, 6.45) is 0.834. The summed E-state index contributed by atoms with van der Waals surface area (Å²) in [6.45, 7) is 5.51. The van der Waals surface area contributed by atoms with E-state index >= 15 is 0 Å². The highest BCUT2D eigenvalue weighted by molar-refractivity contribution is 7.91. The Balaban J connectivity index is 3.48. The van der Waals surface area contributed by atoms with Crippen molar-refractivity contribution in [3.05, 3.63) is 4.88 Å². The first-order chi connectivity index (χ1) is 9.65. The number of amides is 1. The Morgan fingerprint density at radius 2 is 1.95 bits per heavy atom. The fourth-order valence-corrected chi connectivity index (χ4v) is 4.45. The van der Waals surface area contributed by atoms with Gasteiger partial charge in [-0.1, -0.05) is 13.8 Å². The Morgan fingerprint density at radius 3 is 2.38 bits per heavy atom. The molecule has 0 aliphatic heterocycles. The van der Waals surface area contributed by atoms with Gasteiger partial charge in [-0.25, -0.2) is 8.42 Å². The first-order valence-electron chi connectivity index (χ1n) is 6.78. The van der Waals surface area contributed by atoms with Crippen LogP contribution in [-0.4, -0.2) is 45.1 Å². The highest BCUT2D eigenvalue weighted by Crippen LogP contribution is 2.40. The maximum absolute atomic E-state index is 12.3. The lowest BCUT2D eigenvalue weighted by Gasteiger charge is -2.13. The van der Waals surface area contributed by atoms with Gasteiger partial charge in [0.2, 0.25) is 0 Å². The van der Waals surface area contributed by atoms with E-state index in [1.165, 1.54) is 4.90 Å². The Bertz CT molecular complexity index is 621. The molecular weight excluding hydrogens is 310 g/mol. The lowest BCUT2D eigenvalue weighted by Crippen LogP contribution is -2.21. The number of sulfone groups is 1. The van der Waals surface area contributed by atoms with E-state index in [4.69, 9.17) is 5.73 Å². The van der Waals surface area contributed by atoms with Crippen LogP contribution in [0, 0.1) is 0 Å². The molecule has 1 unspecified atom stereocenters. The third-order valence-corrected chi connectivity index (χ3v) is 6.24. The molecule has 21 heavy (non-hydrogen) atoms. The van der Waals surface area contributed by atoms with Crippen LogP contribution in [-0.2, 0) is 9.84 Å². The molecule has 0 spiro atoms. The maximum atomic E-state index is 12.3. The lowest BCUT2D eigenvalue weighted by molar-refractivity contribution is 0.0833. The average Bonchev–Trinajstić information content (AvgIpc) is 2.74. The molecule has 0 aliphatic carbocycles. The molecule has 1 atom stereocenters. The van der Waals surface area contributed by atoms with E-state index in [1.54, 1.807) is 21.0 Å². The Morgan fingerprint density at radius 1 is 1.38 bits per heavy atom. The van der Waals surface area contributed by atoms with E-state index in [2.05, 4.69) is 5.32 Å². The summed E-state index contributed by atoms with van der Waals surface area (Å²) in [7, 11) is -0.283. The van der Waals surface area contributed by atoms with Gasteiger partial charge in [0.1, 0.15) is 14.8 Å². The smallest absolute Gasteiger partial charge is 0.265 e. The quantitative estimate of drug-likeness (QED) is 0.831. The van der Waals surface area contributed by atoms with Crippen LogP contribution >= 0.6 is 11.3 Å². The SMILES string of the molecule is CCC(C)Nc1sc(C(=O)N(C)C)c(N)c1S(=O)(=O)CC. The summed E-state index contributed by atoms with van der Waals surface area (Å²) in [6, 6.07) is 0.0937. The van der Waals surface area contributed by atoms with Gasteiger partial charge in [0, 0.05) is 20.1 Å². The van der Waals surface area contributed by atoms with Gasteiger partial charge >= 0.3 is 0 Å². The van der Waals surface area contributed by atoms with Gasteiger partial charge in [-0.3, -0.25) is 4.79 Å². The van der Waals surface area contributed by atoms with Crippen molar-refractivity contribution in [2.45, 2.75) is 38.1 Å². The molecule has 0 aromatic carbocycles. The molecule has 0 aliphatic rings. The summed E-state index contributed by atoms with van der Waals surface area (Å²) < 4.78 is 24.6. The maximum Gasteiger partial charge on any atom is 0.265 e. The lowest BCUT2D eigenvalue weighted by atomic mass is 10.2. The van der Waals surface area contributed by atoms with Gasteiger partial charge in [-0.05, 0) is 13.3 Å². The van der Waals surface area contributed by atoms with E-state index < -0.39 is 9.84 Å². The number of nitrogen functional groups attached to an aromatic ring is 1. The number of nitrogens with one attached hydrogen (secondary N) is 1. The van der Waals surface area contributed by atoms with E-state index in [0.29, 0.717) is 5.00 Å². The largest absolute Gasteiger partial charge is 0.396 e. The minimum atomic E-state index is -3.50. The number of nitrogens with zero attached hydrogens (tertiary/aromatic N) is 1. The number of nitrogens with two attached hydrogens (primary N) is 1. The molecule has 3 N–H and O–H groups in total. The van der Waals surface area contributed by atoms with Gasteiger partial charge in [-0.15, -0.1) is 11.3 Å². The van der Waals surface area contributed by atoms with Crippen LogP contribution in [0.15, 0.2) is 4.90 Å². The number of hydrogen-bond donors (Lipinski definition) is 2. The van der Waals surface area contributed by atoms with Crippen molar-refractivity contribution < 1.29 is 13.2 Å². The molecule has 1 rings (SSSR count). The third kappa shape index (κ3) is 3.68. The zero-order valence-electron chi connectivity index (χ0n) is 13.1. The minimum Gasteiger partial charge on any atom is -0.396 e. The molecule has 0 bridgehead atoms. The van der Waals surface area contributed by atoms with Crippen LogP contribution in [0.3, 0.4) is 0 Å². The second kappa shape index (κ2) is 6.65. The standard InChI is InChI=1S/C13H23N3O3S2/c1-6-8(3)15-12-11(21(18,19)7-2)9(14)10(20-12)13(17)16(4)5/h8,15H,6-7,14H2,1-5H3. The van der Waals surface area contributed by atoms with Crippen molar-refractivity contribution in [2.24, 2.45) is 0 Å². The highest BCUT2D eigenvalue weighted by Gasteiger charge is 2.29. The zero-order chi connectivity index (χ0) is 16.4. The Kier molecular flexibility index (Phi) is 5.63. The predicted molar refractivity (Wildman–Crippen MR) is 87.9 cm³/mol. The highest BCUT2D eigenvalue weighted by atomic mass is 32.2. The summed E-state index contributed by atoms with van der Waals surface area (Å²) in [5, 5.41) is 3.60. The Hall–Kier alpha value is -1.28. The summed E-state index contributed by atoms with van der Waals surface area (Å²) in [5.41, 5.74) is 6.01. The van der Waals surface area contributed by atoms with Crippen molar-refractivity contribution in [2.75, 3.05) is 30.9 Å². The fourth-order valence-electron chi connectivity index (χ4n) is 1.66. The summed E-state index contributed by atoms with van der Waals surface area (Å²) in [5.74, 6) is -0.346. The van der Waals surface area contributed by atoms with Gasteiger partial charge < -0.3 is 16.0 Å². The minimum absolute atomic E-state index is 0.0475. The summed E-state index contributed by atoms with van der Waals surface area (Å²) >= 11 is 1.10. The predicted octanol–water partition coefficient (Wildman–Crippen LogP) is 2.04. The number of thiophene rings is 1. The van der Waals surface area contributed by atoms with E-state index in [9.17, 15) is 13.2 Å². The zero-order valence-corrected chi connectivity index (χ0v) is 14.7. The molecule has 8 heteroatoms. The van der Waals surface area contributed by atoms with E-state index in [-0.39, 0.29) is 33.2 Å². The van der Waals surface area contributed by atoms with Crippen molar-refractivity contribution in [3.8, 4) is 0 Å². The number of carbonyl (C=O) groups is 1. The molecule has 1 heterocycles. The van der Waals surface area contributed by atoms with Crippen molar-refractivity contribution in [1.29, 1.82) is 0 Å². The number of anilines is 2. The van der Waals surface area contributed by atoms with Crippen molar-refractivity contribution >= 4 is 37.8 Å². The number of rotatable bonds is 6. The van der Waals surface area contributed by atoms with Crippen LogP contribution in [0.4, 0.5) is 10.7 Å². The van der Waals surface area contributed by atoms with Gasteiger partial charge in [0.25, 0.3) is 5.91 Å². The van der Waals surface area contributed by atoms with Gasteiger partial charge in [0.05, 0.1) is 11.4 Å². The van der Waals surface area contributed by atoms with Crippen molar-refractivity contribution in [1.82, 2.24) is 4.90 Å². The van der Waals surface area contributed by atoms with Crippen LogP contribution in [0.25, 0.3) is 0 Å². The van der Waals surface area contributed by atoms with E-state index in [1.807, 2.05) is 13.8 Å². The van der Waals surface area contributed by atoms with Crippen LogP contribution in [0.5, 0.6) is 0 Å². The van der Waals surface area contributed by atoms with Crippen LogP contribution in [0.1, 0.15) is 36.9 Å². The van der Waals surface area contributed by atoms with Crippen LogP contribution in [0.2, 0.25) is 0 Å². The Labute approximate surface area is 130 Å². The first kappa shape index (κ1) is 17.8. The average molecular weight is 333 g/mol. The normalized spacial score (nSPS) is 13.0. The fraction of sp³-hybridized carbons (Fsp3) is 0.615. The monoisotopic (exact) mass is 333 g/mol. The van der Waals surface area contributed by atoms with E-state index in [0.717, 1.165) is 17.8 Å². The second-order valence-corrected chi connectivity index (χ2v) is 8.30. The van der Waals surface area contributed by atoms with Gasteiger partial charge in [0.15, 0.2) is 9.84 Å². The summed E-state index contributed by atoms with van der Waals surface area (Å²) in [4.78, 5) is 13.8. The van der Waals surface area contributed by atoms with Crippen molar-refractivity contribution in [3.63, 3.8) is 0 Å². The molecule has 120 valence electrons. The topological polar surface area (TPSA) is 92.5 Å². The number of carbonyl (C=O) groups excluding carboxylic acids is 1. The molecule has 1 aromatic heterocycles. The molecule has 0 radical (unpaired) electrons. The molecule has 0 fully saturated rings. The molecule has 0 saturated carbocycles. The molecule has 0 saturated heterocycles. The first-order valence-corrected chi connectivity index (χ1v) is 9.25. The molecule has 1 amide bonds.